The number of rotatable bonds is 5. The Morgan fingerprint density at radius 2 is 1.74 bits per heavy atom. The lowest BCUT2D eigenvalue weighted by atomic mass is 9.77. The largest absolute Gasteiger partial charge is 0.492 e. The van der Waals surface area contributed by atoms with Crippen molar-refractivity contribution in [3.05, 3.63) is 47.6 Å². The lowest BCUT2D eigenvalue weighted by Gasteiger charge is -2.32. The highest BCUT2D eigenvalue weighted by atomic mass is 16.7. The van der Waals surface area contributed by atoms with Crippen LogP contribution in [0.1, 0.15) is 40.2 Å². The van der Waals surface area contributed by atoms with Crippen LogP contribution in [0.5, 0.6) is 0 Å². The molecule has 7 heteroatoms. The second kappa shape index (κ2) is 7.33. The molecule has 3 rings (SSSR count). The number of hydrogen-bond acceptors (Lipinski definition) is 5. The predicted octanol–water partition coefficient (Wildman–Crippen LogP) is 3.49. The molecule has 2 heterocycles. The molecule has 0 aliphatic carbocycles. The number of aromatic nitrogens is 1. The van der Waals surface area contributed by atoms with Crippen LogP contribution >= 0.6 is 0 Å². The Balaban J connectivity index is 1.85. The molecule has 2 aromatic rings. The van der Waals surface area contributed by atoms with Gasteiger partial charge in [0.05, 0.1) is 17.4 Å². The van der Waals surface area contributed by atoms with E-state index < -0.39 is 18.3 Å². The predicted molar refractivity (Wildman–Crippen MR) is 105 cm³/mol. The van der Waals surface area contributed by atoms with E-state index in [0.717, 1.165) is 22.4 Å². The van der Waals surface area contributed by atoms with Gasteiger partial charge in [-0.2, -0.15) is 0 Å². The van der Waals surface area contributed by atoms with Gasteiger partial charge >= 0.3 is 7.12 Å². The molecule has 1 aliphatic rings. The Morgan fingerprint density at radius 1 is 1.11 bits per heavy atom. The van der Waals surface area contributed by atoms with Gasteiger partial charge in [0.25, 0.3) is 0 Å². The molecule has 6 nitrogen and oxygen atoms in total. The van der Waals surface area contributed by atoms with Gasteiger partial charge in [0, 0.05) is 25.1 Å². The van der Waals surface area contributed by atoms with Crippen molar-refractivity contribution in [3.8, 4) is 11.3 Å². The number of benzene rings is 1. The maximum atomic E-state index is 11.4. The van der Waals surface area contributed by atoms with E-state index in [9.17, 15) is 4.79 Å². The summed E-state index contributed by atoms with van der Waals surface area (Å²) >= 11 is 0. The molecule has 1 aliphatic heterocycles. The highest BCUT2D eigenvalue weighted by Crippen LogP contribution is 2.38. The minimum atomic E-state index is -0.518. The van der Waals surface area contributed by atoms with Crippen molar-refractivity contribution >= 4 is 19.1 Å². The molecule has 0 saturated carbocycles. The van der Waals surface area contributed by atoms with Gasteiger partial charge in [-0.3, -0.25) is 4.79 Å². The third kappa shape index (κ3) is 4.31. The smallest absolute Gasteiger partial charge is 0.400 e. The van der Waals surface area contributed by atoms with E-state index in [0.29, 0.717) is 6.54 Å². The van der Waals surface area contributed by atoms with Gasteiger partial charge in [-0.05, 0) is 38.7 Å². The normalized spacial score (nSPS) is 18.6. The van der Waals surface area contributed by atoms with E-state index in [1.807, 2.05) is 64.1 Å². The van der Waals surface area contributed by atoms with Crippen LogP contribution in [-0.4, -0.2) is 35.9 Å². The summed E-state index contributed by atoms with van der Waals surface area (Å²) in [7, 11) is -0.518. The molecule has 0 atom stereocenters. The first-order valence-electron chi connectivity index (χ1n) is 9.00. The first kappa shape index (κ1) is 19.4. The number of amides is 1. The van der Waals surface area contributed by atoms with Gasteiger partial charge in [0.2, 0.25) is 5.91 Å². The molecular weight excluding hydrogens is 343 g/mol. The molecule has 0 bridgehead atoms. The Hall–Kier alpha value is -2.38. The van der Waals surface area contributed by atoms with E-state index >= 15 is 0 Å². The van der Waals surface area contributed by atoms with Crippen LogP contribution < -0.4 is 5.32 Å². The first-order valence-corrected chi connectivity index (χ1v) is 9.00. The molecule has 1 N–H and O–H groups in total. The van der Waals surface area contributed by atoms with Crippen LogP contribution in [0.25, 0.3) is 17.4 Å². The molecule has 1 aromatic heterocycles. The monoisotopic (exact) mass is 368 g/mol. The number of nitrogens with zero attached hydrogens (tertiary/aromatic N) is 1. The van der Waals surface area contributed by atoms with Crippen LogP contribution in [0.2, 0.25) is 0 Å². The molecule has 1 amide bonds. The third-order valence-corrected chi connectivity index (χ3v) is 5.08. The summed E-state index contributed by atoms with van der Waals surface area (Å²) in [5.74, 6) is 0.619. The van der Waals surface area contributed by atoms with Crippen molar-refractivity contribution < 1.29 is 18.6 Å². The van der Waals surface area contributed by atoms with Crippen LogP contribution in [0.3, 0.4) is 0 Å². The van der Waals surface area contributed by atoms with Gasteiger partial charge in [0.1, 0.15) is 0 Å². The van der Waals surface area contributed by atoms with E-state index in [4.69, 9.17) is 13.8 Å². The molecule has 0 spiro atoms. The number of carbonyl (C=O) groups excluding carboxylic acids is 1. The average molecular weight is 368 g/mol. The summed E-state index contributed by atoms with van der Waals surface area (Å²) in [6.07, 6.45) is 3.61. The standard InChI is InChI=1S/C20H25BN2O4/c1-14(24)22-13-17(21-26-19(2,3)20(4,5)27-21)12-15-6-8-16(9-7-15)18-10-11-23-25-18/h6-12H,13H2,1-5H3,(H,22,24). The molecular formula is C20H25BN2O4. The Labute approximate surface area is 160 Å². The summed E-state index contributed by atoms with van der Waals surface area (Å²) in [5.41, 5.74) is 1.90. The highest BCUT2D eigenvalue weighted by Gasteiger charge is 2.52. The fourth-order valence-electron chi connectivity index (χ4n) is 2.75. The second-order valence-electron chi connectivity index (χ2n) is 7.72. The molecule has 0 unspecified atom stereocenters. The van der Waals surface area contributed by atoms with Crippen molar-refractivity contribution in [2.24, 2.45) is 0 Å². The Morgan fingerprint density at radius 3 is 2.26 bits per heavy atom. The van der Waals surface area contributed by atoms with Crippen molar-refractivity contribution in [2.45, 2.75) is 45.8 Å². The third-order valence-electron chi connectivity index (χ3n) is 5.08. The average Bonchev–Trinajstić information content (AvgIpc) is 3.18. The summed E-state index contributed by atoms with van der Waals surface area (Å²) in [5, 5.41) is 6.57. The Bertz CT molecular complexity index is 810. The van der Waals surface area contributed by atoms with E-state index in [1.54, 1.807) is 6.20 Å². The molecule has 0 radical (unpaired) electrons. The minimum Gasteiger partial charge on any atom is -0.400 e. The van der Waals surface area contributed by atoms with Crippen molar-refractivity contribution in [1.29, 1.82) is 0 Å². The van der Waals surface area contributed by atoms with Crippen molar-refractivity contribution in [1.82, 2.24) is 10.5 Å². The Kier molecular flexibility index (Phi) is 5.26. The number of hydrogen-bond donors (Lipinski definition) is 1. The van der Waals surface area contributed by atoms with Gasteiger partial charge in [-0.15, -0.1) is 0 Å². The van der Waals surface area contributed by atoms with E-state index in [-0.39, 0.29) is 5.91 Å². The fourth-order valence-corrected chi connectivity index (χ4v) is 2.75. The summed E-state index contributed by atoms with van der Waals surface area (Å²) < 4.78 is 17.5. The minimum absolute atomic E-state index is 0.0990. The molecule has 1 saturated heterocycles. The van der Waals surface area contributed by atoms with Gasteiger partial charge < -0.3 is 19.1 Å². The van der Waals surface area contributed by atoms with Crippen molar-refractivity contribution in [3.63, 3.8) is 0 Å². The van der Waals surface area contributed by atoms with E-state index in [2.05, 4.69) is 10.5 Å². The summed E-state index contributed by atoms with van der Waals surface area (Å²) in [6.45, 7) is 9.89. The molecule has 1 aromatic carbocycles. The molecule has 27 heavy (non-hydrogen) atoms. The van der Waals surface area contributed by atoms with Gasteiger partial charge in [-0.25, -0.2) is 0 Å². The zero-order valence-corrected chi connectivity index (χ0v) is 16.4. The maximum Gasteiger partial charge on any atom is 0.492 e. The molecule has 1 fully saturated rings. The lowest BCUT2D eigenvalue weighted by molar-refractivity contribution is -0.118. The van der Waals surface area contributed by atoms with Crippen LogP contribution in [-0.2, 0) is 14.1 Å². The first-order chi connectivity index (χ1) is 12.7. The van der Waals surface area contributed by atoms with Crippen LogP contribution in [0.4, 0.5) is 0 Å². The van der Waals surface area contributed by atoms with Gasteiger partial charge in [0.15, 0.2) is 5.76 Å². The van der Waals surface area contributed by atoms with E-state index in [1.165, 1.54) is 6.92 Å². The zero-order valence-electron chi connectivity index (χ0n) is 16.4. The zero-order chi connectivity index (χ0) is 19.7. The SMILES string of the molecule is CC(=O)NCC(=Cc1ccc(-c2ccno2)cc1)B1OC(C)(C)C(C)(C)O1. The number of carbonyl (C=O) groups is 1. The highest BCUT2D eigenvalue weighted by molar-refractivity contribution is 6.56. The van der Waals surface area contributed by atoms with Crippen molar-refractivity contribution in [2.75, 3.05) is 6.54 Å². The van der Waals surface area contributed by atoms with Crippen LogP contribution in [0, 0.1) is 0 Å². The van der Waals surface area contributed by atoms with Crippen LogP contribution in [0.15, 0.2) is 46.5 Å². The fraction of sp³-hybridized carbons (Fsp3) is 0.400. The topological polar surface area (TPSA) is 73.6 Å². The number of nitrogens with one attached hydrogen (secondary N) is 1. The molecule has 142 valence electrons. The summed E-state index contributed by atoms with van der Waals surface area (Å²) in [4.78, 5) is 11.4. The maximum absolute atomic E-state index is 11.4. The summed E-state index contributed by atoms with van der Waals surface area (Å²) in [6, 6.07) is 9.71. The van der Waals surface area contributed by atoms with Gasteiger partial charge in [-0.1, -0.05) is 35.5 Å². The second-order valence-corrected chi connectivity index (χ2v) is 7.72. The quantitative estimate of drug-likeness (QED) is 0.818. The lowest BCUT2D eigenvalue weighted by Crippen LogP contribution is -2.41.